The van der Waals surface area contributed by atoms with Crippen molar-refractivity contribution in [3.8, 4) is 22.6 Å². The molecule has 1 aromatic heterocycles. The van der Waals surface area contributed by atoms with Crippen LogP contribution in [0.25, 0.3) is 22.6 Å². The predicted molar refractivity (Wildman–Crippen MR) is 103 cm³/mol. The number of anilines is 1. The lowest BCUT2D eigenvalue weighted by molar-refractivity contribution is 0.311. The van der Waals surface area contributed by atoms with Gasteiger partial charge in [0.15, 0.2) is 5.82 Å². The molecule has 1 aliphatic heterocycles. The molecule has 0 unspecified atom stereocenters. The summed E-state index contributed by atoms with van der Waals surface area (Å²) in [6.45, 7) is 0.442. The van der Waals surface area contributed by atoms with E-state index in [4.69, 9.17) is 4.98 Å². The van der Waals surface area contributed by atoms with Crippen molar-refractivity contribution in [3.63, 3.8) is 0 Å². The minimum absolute atomic E-state index is 0.0238. The molecular weight excluding hydrogens is 349 g/mol. The first-order valence-electron chi connectivity index (χ1n) is 8.50. The maximum Gasteiger partial charge on any atom is 0.162 e. The van der Waals surface area contributed by atoms with Gasteiger partial charge in [0.25, 0.3) is 0 Å². The number of aliphatic hydroxyl groups is 1. The van der Waals surface area contributed by atoms with Crippen molar-refractivity contribution in [1.29, 1.82) is 0 Å². The summed E-state index contributed by atoms with van der Waals surface area (Å²) in [5, 5.41) is 12.4. The number of thioether (sulfide) groups is 1. The van der Waals surface area contributed by atoms with E-state index in [0.29, 0.717) is 12.4 Å². The number of nitrogens with zero attached hydrogens (tertiary/aromatic N) is 2. The average Bonchev–Trinajstić information content (AvgIpc) is 2.86. The first-order valence-corrected chi connectivity index (χ1v) is 9.48. The van der Waals surface area contributed by atoms with Crippen LogP contribution >= 0.6 is 11.8 Å². The van der Waals surface area contributed by atoms with Crippen LogP contribution in [0.15, 0.2) is 53.4 Å². The van der Waals surface area contributed by atoms with E-state index >= 15 is 0 Å². The molecule has 0 amide bonds. The molecule has 0 fully saturated rings. The van der Waals surface area contributed by atoms with E-state index in [1.807, 2.05) is 23.9 Å². The van der Waals surface area contributed by atoms with Gasteiger partial charge in [0.2, 0.25) is 0 Å². The average molecular weight is 367 g/mol. The van der Waals surface area contributed by atoms with Crippen molar-refractivity contribution < 1.29 is 9.50 Å². The van der Waals surface area contributed by atoms with E-state index in [0.717, 1.165) is 40.4 Å². The van der Waals surface area contributed by atoms with Crippen molar-refractivity contribution in [2.24, 2.45) is 0 Å². The zero-order valence-electron chi connectivity index (χ0n) is 14.1. The fraction of sp³-hybridized carbons (Fsp3) is 0.200. The highest BCUT2D eigenvalue weighted by Crippen LogP contribution is 2.39. The molecule has 6 heteroatoms. The smallest absolute Gasteiger partial charge is 0.162 e. The first kappa shape index (κ1) is 17.0. The van der Waals surface area contributed by atoms with Crippen LogP contribution in [0.5, 0.6) is 0 Å². The maximum atomic E-state index is 13.3. The molecule has 0 saturated carbocycles. The van der Waals surface area contributed by atoms with E-state index in [2.05, 4.69) is 22.4 Å². The topological polar surface area (TPSA) is 58.0 Å². The molecule has 0 bridgehead atoms. The van der Waals surface area contributed by atoms with Crippen molar-refractivity contribution >= 4 is 17.6 Å². The Morgan fingerprint density at radius 2 is 1.88 bits per heavy atom. The second-order valence-corrected chi connectivity index (χ2v) is 7.11. The van der Waals surface area contributed by atoms with Gasteiger partial charge >= 0.3 is 0 Å². The van der Waals surface area contributed by atoms with Crippen molar-refractivity contribution in [3.05, 3.63) is 59.9 Å². The normalized spacial score (nSPS) is 12.8. The second kappa shape index (κ2) is 7.43. The van der Waals surface area contributed by atoms with Gasteiger partial charge < -0.3 is 10.4 Å². The molecule has 2 N–H and O–H groups in total. The molecule has 2 aromatic carbocycles. The van der Waals surface area contributed by atoms with Crippen LogP contribution in [0.4, 0.5) is 10.2 Å². The highest BCUT2D eigenvalue weighted by atomic mass is 32.2. The predicted octanol–water partition coefficient (Wildman–Crippen LogP) is 4.00. The Bertz CT molecular complexity index is 931. The molecular formula is C20H18FN3OS. The highest BCUT2D eigenvalue weighted by Gasteiger charge is 2.21. The Kier molecular flexibility index (Phi) is 4.86. The van der Waals surface area contributed by atoms with Gasteiger partial charge in [-0.25, -0.2) is 14.4 Å². The third-order valence-corrected chi connectivity index (χ3v) is 5.34. The van der Waals surface area contributed by atoms with Crippen LogP contribution in [0.2, 0.25) is 0 Å². The third kappa shape index (κ3) is 3.30. The van der Waals surface area contributed by atoms with Gasteiger partial charge in [-0.3, -0.25) is 0 Å². The molecule has 4 nitrogen and oxygen atoms in total. The van der Waals surface area contributed by atoms with Crippen LogP contribution in [-0.2, 0) is 6.42 Å². The lowest BCUT2D eigenvalue weighted by Crippen LogP contribution is -2.12. The maximum absolute atomic E-state index is 13.3. The molecule has 0 aliphatic carbocycles. The van der Waals surface area contributed by atoms with Crippen molar-refractivity contribution in [2.75, 3.05) is 24.2 Å². The van der Waals surface area contributed by atoms with Crippen LogP contribution in [0.1, 0.15) is 5.56 Å². The summed E-state index contributed by atoms with van der Waals surface area (Å²) >= 11 is 1.81. The summed E-state index contributed by atoms with van der Waals surface area (Å²) in [7, 11) is 0. The zero-order valence-corrected chi connectivity index (χ0v) is 14.9. The molecule has 132 valence electrons. The van der Waals surface area contributed by atoms with Crippen LogP contribution < -0.4 is 5.32 Å². The Hall–Kier alpha value is -2.44. The quantitative estimate of drug-likeness (QED) is 0.730. The summed E-state index contributed by atoms with van der Waals surface area (Å²) in [5.74, 6) is 1.94. The fourth-order valence-corrected chi connectivity index (χ4v) is 4.06. The minimum atomic E-state index is -0.288. The second-order valence-electron chi connectivity index (χ2n) is 5.97. The first-order chi connectivity index (χ1) is 12.8. The molecule has 0 saturated heterocycles. The summed E-state index contributed by atoms with van der Waals surface area (Å²) in [4.78, 5) is 10.7. The van der Waals surface area contributed by atoms with Gasteiger partial charge in [0, 0.05) is 33.9 Å². The van der Waals surface area contributed by atoms with Crippen LogP contribution in [0.3, 0.4) is 0 Å². The van der Waals surface area contributed by atoms with Gasteiger partial charge in [-0.1, -0.05) is 18.2 Å². The molecule has 0 atom stereocenters. The fourth-order valence-electron chi connectivity index (χ4n) is 3.04. The Labute approximate surface area is 155 Å². The summed E-state index contributed by atoms with van der Waals surface area (Å²) in [5.41, 5.74) is 3.81. The summed E-state index contributed by atoms with van der Waals surface area (Å²) < 4.78 is 13.3. The van der Waals surface area contributed by atoms with E-state index < -0.39 is 0 Å². The number of hydrogen-bond acceptors (Lipinski definition) is 5. The Morgan fingerprint density at radius 1 is 1.08 bits per heavy atom. The standard InChI is InChI=1S/C20H18FN3OS/c21-14-7-5-13(6-8-14)19-23-18-15-3-1-2-4-17(15)26-12-9-16(18)20(24-19)22-10-11-25/h1-8,25H,9-12H2,(H,22,23,24). The number of halogens is 1. The van der Waals surface area contributed by atoms with E-state index in [1.165, 1.54) is 17.0 Å². The van der Waals surface area contributed by atoms with Gasteiger partial charge in [-0.2, -0.15) is 0 Å². The van der Waals surface area contributed by atoms with Crippen molar-refractivity contribution in [2.45, 2.75) is 11.3 Å². The van der Waals surface area contributed by atoms with Crippen LogP contribution in [0, 0.1) is 5.82 Å². The molecule has 3 aromatic rings. The number of rotatable bonds is 4. The van der Waals surface area contributed by atoms with Gasteiger partial charge in [-0.05, 0) is 36.8 Å². The Morgan fingerprint density at radius 3 is 2.69 bits per heavy atom. The monoisotopic (exact) mass is 367 g/mol. The van der Waals surface area contributed by atoms with Gasteiger partial charge in [-0.15, -0.1) is 11.8 Å². The lowest BCUT2D eigenvalue weighted by atomic mass is 10.0. The van der Waals surface area contributed by atoms with E-state index in [-0.39, 0.29) is 12.4 Å². The molecule has 1 aliphatic rings. The largest absolute Gasteiger partial charge is 0.395 e. The van der Waals surface area contributed by atoms with Gasteiger partial charge in [0.05, 0.1) is 12.3 Å². The number of fused-ring (bicyclic) bond motifs is 3. The minimum Gasteiger partial charge on any atom is -0.395 e. The number of nitrogens with one attached hydrogen (secondary N) is 1. The molecule has 0 radical (unpaired) electrons. The zero-order chi connectivity index (χ0) is 17.9. The number of aliphatic hydroxyl groups excluding tert-OH is 1. The van der Waals surface area contributed by atoms with E-state index in [1.54, 1.807) is 12.1 Å². The Balaban J connectivity index is 1.91. The molecule has 26 heavy (non-hydrogen) atoms. The third-order valence-electron chi connectivity index (χ3n) is 4.27. The van der Waals surface area contributed by atoms with Crippen LogP contribution in [-0.4, -0.2) is 34.0 Å². The molecule has 4 rings (SSSR count). The SMILES string of the molecule is OCCNc1nc(-c2ccc(F)cc2)nc2c1CCSc1ccccc1-2. The summed E-state index contributed by atoms with van der Waals surface area (Å²) in [6.07, 6.45) is 0.839. The molecule has 2 heterocycles. The van der Waals surface area contributed by atoms with Crippen molar-refractivity contribution in [1.82, 2.24) is 9.97 Å². The number of hydrogen-bond donors (Lipinski definition) is 2. The highest BCUT2D eigenvalue weighted by molar-refractivity contribution is 7.99. The number of benzene rings is 2. The number of aromatic nitrogens is 2. The van der Waals surface area contributed by atoms with E-state index in [9.17, 15) is 9.50 Å². The molecule has 0 spiro atoms. The van der Waals surface area contributed by atoms with Gasteiger partial charge in [0.1, 0.15) is 11.6 Å². The summed E-state index contributed by atoms with van der Waals surface area (Å²) in [6, 6.07) is 14.4. The lowest BCUT2D eigenvalue weighted by Gasteiger charge is -2.15.